The molecule has 1 aliphatic heterocycles. The van der Waals surface area contributed by atoms with E-state index in [2.05, 4.69) is 19.1 Å². The molecule has 1 fully saturated rings. The Kier molecular flexibility index (Phi) is 6.15. The monoisotopic (exact) mass is 432 g/mol. The second kappa shape index (κ2) is 8.63. The van der Waals surface area contributed by atoms with Crippen LogP contribution in [0.15, 0.2) is 53.1 Å². The number of ether oxygens (including phenoxy) is 1. The van der Waals surface area contributed by atoms with Crippen LogP contribution in [0.2, 0.25) is 0 Å². The lowest BCUT2D eigenvalue weighted by atomic mass is 9.92. The molecule has 0 bridgehead atoms. The van der Waals surface area contributed by atoms with E-state index >= 15 is 0 Å². The quantitative estimate of drug-likeness (QED) is 0.570. The van der Waals surface area contributed by atoms with Crippen molar-refractivity contribution in [1.82, 2.24) is 0 Å². The highest BCUT2D eigenvalue weighted by Crippen LogP contribution is 2.37. The zero-order chi connectivity index (χ0) is 20.5. The van der Waals surface area contributed by atoms with Crippen LogP contribution in [0.1, 0.15) is 27.7 Å². The van der Waals surface area contributed by atoms with Gasteiger partial charge in [-0.25, -0.2) is 0 Å². The van der Waals surface area contributed by atoms with Crippen LogP contribution in [-0.4, -0.2) is 45.3 Å². The van der Waals surface area contributed by atoms with Gasteiger partial charge in [0, 0.05) is 11.3 Å². The van der Waals surface area contributed by atoms with Gasteiger partial charge in [-0.05, 0) is 54.1 Å². The molecule has 0 aliphatic carbocycles. The molecule has 0 amide bonds. The molecule has 0 saturated carbocycles. The molecule has 3 N–H and O–H groups in total. The molecule has 2 aromatic heterocycles. The van der Waals surface area contributed by atoms with Crippen LogP contribution in [0.5, 0.6) is 0 Å². The molecular formula is C22H24O5S2. The maximum Gasteiger partial charge on any atom is 0.143 e. The van der Waals surface area contributed by atoms with Crippen molar-refractivity contribution in [3.63, 3.8) is 0 Å². The molecule has 7 heteroatoms. The first kappa shape index (κ1) is 20.7. The van der Waals surface area contributed by atoms with E-state index in [-0.39, 0.29) is 0 Å². The van der Waals surface area contributed by atoms with Crippen LogP contribution in [0.3, 0.4) is 0 Å². The Morgan fingerprint density at radius 1 is 1.03 bits per heavy atom. The van der Waals surface area contributed by atoms with Crippen molar-refractivity contribution in [2.75, 3.05) is 6.26 Å². The second-order valence-electron chi connectivity index (χ2n) is 7.24. The largest absolute Gasteiger partial charge is 0.464 e. The van der Waals surface area contributed by atoms with E-state index in [4.69, 9.17) is 9.15 Å². The summed E-state index contributed by atoms with van der Waals surface area (Å²) in [6.45, 7) is 2.06. The van der Waals surface area contributed by atoms with Crippen molar-refractivity contribution in [3.8, 4) is 10.6 Å². The molecule has 0 unspecified atom stereocenters. The first-order valence-electron chi connectivity index (χ1n) is 9.42. The standard InChI is InChI=1S/C22H24O5S2/c1-12-5-6-13(21-19(24)18(23)20(25)22(27-21)28-2)10-14(12)11-15-7-8-17(29-15)16-4-3-9-26-16/h3-10,18-25H,11H2,1-2H3/t18-,19-,20+,21+,22-/m1/s1. The molecule has 1 saturated heterocycles. The SMILES string of the molecule is CS[C@H]1O[C@@H](c2ccc(C)c(Cc3ccc(-c4ccco4)s3)c2)[C@H](O)[C@@H](O)[C@@H]1O. The Balaban J connectivity index is 1.58. The first-order valence-corrected chi connectivity index (χ1v) is 11.5. The number of aliphatic hydroxyl groups excluding tert-OH is 3. The van der Waals surface area contributed by atoms with Gasteiger partial charge in [0.25, 0.3) is 0 Å². The molecule has 154 valence electrons. The number of rotatable bonds is 5. The normalized spacial score (nSPS) is 27.3. The summed E-state index contributed by atoms with van der Waals surface area (Å²) in [4.78, 5) is 2.30. The van der Waals surface area contributed by atoms with Crippen LogP contribution in [-0.2, 0) is 11.2 Å². The zero-order valence-electron chi connectivity index (χ0n) is 16.2. The van der Waals surface area contributed by atoms with E-state index in [1.165, 1.54) is 16.6 Å². The molecule has 29 heavy (non-hydrogen) atoms. The Hall–Kier alpha value is -1.61. The fourth-order valence-electron chi connectivity index (χ4n) is 3.59. The fourth-order valence-corrected chi connectivity index (χ4v) is 5.26. The van der Waals surface area contributed by atoms with Gasteiger partial charge in [-0.3, -0.25) is 0 Å². The molecule has 4 rings (SSSR count). The zero-order valence-corrected chi connectivity index (χ0v) is 17.8. The second-order valence-corrected chi connectivity index (χ2v) is 9.34. The minimum atomic E-state index is -1.25. The summed E-state index contributed by atoms with van der Waals surface area (Å²) in [5.74, 6) is 0.862. The minimum Gasteiger partial charge on any atom is -0.464 e. The third-order valence-corrected chi connectivity index (χ3v) is 7.25. The number of aryl methyl sites for hydroxylation is 1. The number of hydrogen-bond donors (Lipinski definition) is 3. The van der Waals surface area contributed by atoms with Crippen LogP contribution < -0.4 is 0 Å². The minimum absolute atomic E-state index is 0.587. The summed E-state index contributed by atoms with van der Waals surface area (Å²) in [6, 6.07) is 13.9. The van der Waals surface area contributed by atoms with E-state index in [0.29, 0.717) is 0 Å². The highest BCUT2D eigenvalue weighted by atomic mass is 32.2. The van der Waals surface area contributed by atoms with Crippen molar-refractivity contribution < 1.29 is 24.5 Å². The van der Waals surface area contributed by atoms with Crippen LogP contribution in [0.25, 0.3) is 10.6 Å². The number of aliphatic hydroxyl groups is 3. The lowest BCUT2D eigenvalue weighted by Crippen LogP contribution is -2.52. The molecule has 1 aromatic carbocycles. The van der Waals surface area contributed by atoms with E-state index in [0.717, 1.165) is 33.7 Å². The predicted molar refractivity (Wildman–Crippen MR) is 115 cm³/mol. The van der Waals surface area contributed by atoms with Gasteiger partial charge in [-0.2, -0.15) is 0 Å². The number of furan rings is 1. The summed E-state index contributed by atoms with van der Waals surface area (Å²) in [5, 5.41) is 30.8. The van der Waals surface area contributed by atoms with Gasteiger partial charge in [-0.1, -0.05) is 18.2 Å². The fraction of sp³-hybridized carbons (Fsp3) is 0.364. The average molecular weight is 433 g/mol. The van der Waals surface area contributed by atoms with E-state index in [1.54, 1.807) is 17.6 Å². The average Bonchev–Trinajstić information content (AvgIpc) is 3.40. The van der Waals surface area contributed by atoms with Crippen molar-refractivity contribution in [3.05, 3.63) is 70.3 Å². The number of thioether (sulfide) groups is 1. The molecular weight excluding hydrogens is 408 g/mol. The third kappa shape index (κ3) is 4.17. The molecule has 5 atom stereocenters. The number of benzene rings is 1. The van der Waals surface area contributed by atoms with Gasteiger partial charge in [0.05, 0.1) is 11.1 Å². The lowest BCUT2D eigenvalue weighted by Gasteiger charge is -2.40. The summed E-state index contributed by atoms with van der Waals surface area (Å²) < 4.78 is 11.4. The van der Waals surface area contributed by atoms with Gasteiger partial charge in [0.1, 0.15) is 35.6 Å². The van der Waals surface area contributed by atoms with Crippen molar-refractivity contribution in [2.45, 2.75) is 43.2 Å². The Morgan fingerprint density at radius 2 is 1.86 bits per heavy atom. The number of thiophene rings is 1. The van der Waals surface area contributed by atoms with E-state index < -0.39 is 29.9 Å². The number of hydrogen-bond acceptors (Lipinski definition) is 7. The summed E-state index contributed by atoms with van der Waals surface area (Å²) in [7, 11) is 0. The maximum absolute atomic E-state index is 10.5. The van der Waals surface area contributed by atoms with Crippen LogP contribution >= 0.6 is 23.1 Å². The summed E-state index contributed by atoms with van der Waals surface area (Å²) in [6.07, 6.45) is -0.000733. The van der Waals surface area contributed by atoms with Crippen LogP contribution in [0.4, 0.5) is 0 Å². The van der Waals surface area contributed by atoms with Gasteiger partial charge in [0.2, 0.25) is 0 Å². The topological polar surface area (TPSA) is 83.1 Å². The van der Waals surface area contributed by atoms with Gasteiger partial charge in [0.15, 0.2) is 0 Å². The Bertz CT molecular complexity index is 950. The highest BCUT2D eigenvalue weighted by Gasteiger charge is 2.44. The molecule has 1 aliphatic rings. The summed E-state index contributed by atoms with van der Waals surface area (Å²) >= 11 is 3.01. The third-order valence-electron chi connectivity index (χ3n) is 5.29. The van der Waals surface area contributed by atoms with Gasteiger partial charge < -0.3 is 24.5 Å². The summed E-state index contributed by atoms with van der Waals surface area (Å²) in [5.41, 5.74) is 2.49. The van der Waals surface area contributed by atoms with Crippen molar-refractivity contribution in [2.24, 2.45) is 0 Å². The smallest absolute Gasteiger partial charge is 0.143 e. The van der Waals surface area contributed by atoms with Gasteiger partial charge >= 0.3 is 0 Å². The molecule has 0 radical (unpaired) electrons. The Morgan fingerprint density at radius 3 is 2.59 bits per heavy atom. The molecule has 3 heterocycles. The van der Waals surface area contributed by atoms with E-state index in [1.807, 2.05) is 36.6 Å². The van der Waals surface area contributed by atoms with Crippen molar-refractivity contribution >= 4 is 23.1 Å². The molecule has 5 nitrogen and oxygen atoms in total. The molecule has 3 aromatic rings. The van der Waals surface area contributed by atoms with E-state index in [9.17, 15) is 15.3 Å². The first-order chi connectivity index (χ1) is 14.0. The predicted octanol–water partition coefficient (Wildman–Crippen LogP) is 3.75. The van der Waals surface area contributed by atoms with Gasteiger partial charge in [-0.15, -0.1) is 23.1 Å². The Labute approximate surface area is 178 Å². The highest BCUT2D eigenvalue weighted by molar-refractivity contribution is 7.99. The molecule has 0 spiro atoms. The van der Waals surface area contributed by atoms with Crippen molar-refractivity contribution in [1.29, 1.82) is 0 Å². The lowest BCUT2D eigenvalue weighted by molar-refractivity contribution is -0.200. The maximum atomic E-state index is 10.5. The van der Waals surface area contributed by atoms with Crippen LogP contribution in [0, 0.1) is 6.92 Å².